The lowest BCUT2D eigenvalue weighted by Crippen LogP contribution is -2.17. The first-order valence-corrected chi connectivity index (χ1v) is 7.41. The van der Waals surface area contributed by atoms with Crippen LogP contribution in [0.3, 0.4) is 0 Å². The molecule has 0 aliphatic rings. The van der Waals surface area contributed by atoms with Gasteiger partial charge in [-0.1, -0.05) is 24.8 Å². The number of hydrogen-bond donors (Lipinski definition) is 1. The molecule has 22 heavy (non-hydrogen) atoms. The summed E-state index contributed by atoms with van der Waals surface area (Å²) in [5.41, 5.74) is 1.09. The number of hydrogen-bond acceptors (Lipinski definition) is 4. The van der Waals surface area contributed by atoms with Crippen LogP contribution in [0, 0.1) is 0 Å². The summed E-state index contributed by atoms with van der Waals surface area (Å²) >= 11 is 0. The van der Waals surface area contributed by atoms with Gasteiger partial charge in [0.15, 0.2) is 11.5 Å². The molecule has 0 radical (unpaired) electrons. The van der Waals surface area contributed by atoms with Gasteiger partial charge in [0.2, 0.25) is 0 Å². The Morgan fingerprint density at radius 2 is 2.32 bits per heavy atom. The summed E-state index contributed by atoms with van der Waals surface area (Å²) in [6, 6.07) is 5.92. The Bertz CT molecular complexity index is 567. The van der Waals surface area contributed by atoms with E-state index < -0.39 is 0 Å². The minimum Gasteiger partial charge on any atom is -0.493 e. The molecule has 0 fully saturated rings. The number of imidazole rings is 1. The van der Waals surface area contributed by atoms with Gasteiger partial charge in [0.25, 0.3) is 0 Å². The van der Waals surface area contributed by atoms with Crippen LogP contribution >= 0.6 is 0 Å². The fourth-order valence-electron chi connectivity index (χ4n) is 2.20. The molecule has 0 aliphatic heterocycles. The molecule has 0 saturated heterocycles. The van der Waals surface area contributed by atoms with Crippen LogP contribution in [0.25, 0.3) is 0 Å². The van der Waals surface area contributed by atoms with E-state index in [0.717, 1.165) is 43.1 Å². The SMILES string of the molecule is C=CCOc1c(CNCCCn2ccnc2)cccc1OC. The molecule has 1 heterocycles. The number of aromatic nitrogens is 2. The van der Waals surface area contributed by atoms with Crippen molar-refractivity contribution < 1.29 is 9.47 Å². The third-order valence-electron chi connectivity index (χ3n) is 3.27. The van der Waals surface area contributed by atoms with Gasteiger partial charge in [-0.15, -0.1) is 0 Å². The summed E-state index contributed by atoms with van der Waals surface area (Å²) in [5.74, 6) is 1.53. The van der Waals surface area contributed by atoms with Gasteiger partial charge < -0.3 is 19.4 Å². The predicted molar refractivity (Wildman–Crippen MR) is 87.2 cm³/mol. The summed E-state index contributed by atoms with van der Waals surface area (Å²) in [5, 5.41) is 3.44. The van der Waals surface area contributed by atoms with Crippen molar-refractivity contribution >= 4 is 0 Å². The molecule has 0 saturated carbocycles. The quantitative estimate of drug-likeness (QED) is 0.541. The highest BCUT2D eigenvalue weighted by Gasteiger charge is 2.09. The molecule has 0 atom stereocenters. The van der Waals surface area contributed by atoms with Gasteiger partial charge in [-0.05, 0) is 19.0 Å². The predicted octanol–water partition coefficient (Wildman–Crippen LogP) is 2.64. The lowest BCUT2D eigenvalue weighted by molar-refractivity contribution is 0.322. The fraction of sp³-hybridized carbons (Fsp3) is 0.353. The van der Waals surface area contributed by atoms with Crippen molar-refractivity contribution in [2.24, 2.45) is 0 Å². The van der Waals surface area contributed by atoms with Gasteiger partial charge in [0.1, 0.15) is 6.61 Å². The number of benzene rings is 1. The Balaban J connectivity index is 1.84. The van der Waals surface area contributed by atoms with Crippen LogP contribution in [-0.2, 0) is 13.1 Å². The summed E-state index contributed by atoms with van der Waals surface area (Å²) in [7, 11) is 1.65. The first kappa shape index (κ1) is 16.1. The maximum Gasteiger partial charge on any atom is 0.166 e. The maximum absolute atomic E-state index is 5.73. The topological polar surface area (TPSA) is 48.3 Å². The van der Waals surface area contributed by atoms with Crippen LogP contribution in [0.1, 0.15) is 12.0 Å². The van der Waals surface area contributed by atoms with Gasteiger partial charge in [0, 0.05) is 31.0 Å². The van der Waals surface area contributed by atoms with Crippen LogP contribution in [-0.4, -0.2) is 29.8 Å². The second-order valence-electron chi connectivity index (χ2n) is 4.88. The Labute approximate surface area is 131 Å². The Morgan fingerprint density at radius 1 is 1.41 bits per heavy atom. The van der Waals surface area contributed by atoms with E-state index in [1.165, 1.54) is 0 Å². The van der Waals surface area contributed by atoms with Crippen molar-refractivity contribution in [3.8, 4) is 11.5 Å². The molecule has 1 N–H and O–H groups in total. The van der Waals surface area contributed by atoms with Crippen LogP contribution in [0.5, 0.6) is 11.5 Å². The van der Waals surface area contributed by atoms with Crippen molar-refractivity contribution in [2.45, 2.75) is 19.5 Å². The monoisotopic (exact) mass is 301 g/mol. The highest BCUT2D eigenvalue weighted by atomic mass is 16.5. The lowest BCUT2D eigenvalue weighted by atomic mass is 10.2. The molecular formula is C17H23N3O2. The van der Waals surface area contributed by atoms with Gasteiger partial charge >= 0.3 is 0 Å². The van der Waals surface area contributed by atoms with E-state index in [1.54, 1.807) is 19.4 Å². The van der Waals surface area contributed by atoms with Gasteiger partial charge in [-0.3, -0.25) is 0 Å². The van der Waals surface area contributed by atoms with Crippen LogP contribution in [0.15, 0.2) is 49.6 Å². The second-order valence-corrected chi connectivity index (χ2v) is 4.88. The zero-order valence-corrected chi connectivity index (χ0v) is 13.0. The molecule has 0 amide bonds. The van der Waals surface area contributed by atoms with Crippen molar-refractivity contribution in [1.29, 1.82) is 0 Å². The number of ether oxygens (including phenoxy) is 2. The third-order valence-corrected chi connectivity index (χ3v) is 3.27. The first-order chi connectivity index (χ1) is 10.8. The number of nitrogens with zero attached hydrogens (tertiary/aromatic N) is 2. The molecule has 1 aromatic heterocycles. The van der Waals surface area contributed by atoms with Crippen molar-refractivity contribution in [3.63, 3.8) is 0 Å². The minimum atomic E-state index is 0.466. The number of aryl methyl sites for hydroxylation is 1. The average molecular weight is 301 g/mol. The van der Waals surface area contributed by atoms with E-state index in [-0.39, 0.29) is 0 Å². The maximum atomic E-state index is 5.73. The molecule has 2 aromatic rings. The molecule has 1 aromatic carbocycles. The fourth-order valence-corrected chi connectivity index (χ4v) is 2.20. The number of rotatable bonds is 10. The molecule has 5 heteroatoms. The minimum absolute atomic E-state index is 0.466. The largest absolute Gasteiger partial charge is 0.493 e. The molecule has 118 valence electrons. The lowest BCUT2D eigenvalue weighted by Gasteiger charge is -2.14. The van der Waals surface area contributed by atoms with E-state index in [4.69, 9.17) is 9.47 Å². The van der Waals surface area contributed by atoms with E-state index in [1.807, 2.05) is 30.7 Å². The summed E-state index contributed by atoms with van der Waals surface area (Å²) in [4.78, 5) is 4.03. The first-order valence-electron chi connectivity index (χ1n) is 7.41. The Kier molecular flexibility index (Phi) is 6.51. The third kappa shape index (κ3) is 4.63. The average Bonchev–Trinajstić information content (AvgIpc) is 3.06. The Morgan fingerprint density at radius 3 is 3.05 bits per heavy atom. The van der Waals surface area contributed by atoms with Gasteiger partial charge in [-0.25, -0.2) is 4.98 Å². The van der Waals surface area contributed by atoms with Gasteiger partial charge in [0.05, 0.1) is 13.4 Å². The molecule has 0 bridgehead atoms. The van der Waals surface area contributed by atoms with E-state index in [2.05, 4.69) is 21.4 Å². The standard InChI is InChI=1S/C17H23N3O2/c1-3-12-22-17-15(6-4-7-16(17)21-2)13-18-8-5-10-20-11-9-19-14-20/h3-4,6-7,9,11,14,18H,1,5,8,10,12-13H2,2H3. The van der Waals surface area contributed by atoms with E-state index in [0.29, 0.717) is 6.61 Å². The van der Waals surface area contributed by atoms with Crippen molar-refractivity contribution in [1.82, 2.24) is 14.9 Å². The summed E-state index contributed by atoms with van der Waals surface area (Å²) < 4.78 is 13.2. The highest BCUT2D eigenvalue weighted by molar-refractivity contribution is 5.46. The molecule has 5 nitrogen and oxygen atoms in total. The van der Waals surface area contributed by atoms with Crippen LogP contribution in [0.2, 0.25) is 0 Å². The Hall–Kier alpha value is -2.27. The number of nitrogens with one attached hydrogen (secondary N) is 1. The van der Waals surface area contributed by atoms with Crippen LogP contribution in [0.4, 0.5) is 0 Å². The zero-order chi connectivity index (χ0) is 15.6. The van der Waals surface area contributed by atoms with E-state index >= 15 is 0 Å². The normalized spacial score (nSPS) is 10.4. The molecule has 0 aliphatic carbocycles. The van der Waals surface area contributed by atoms with E-state index in [9.17, 15) is 0 Å². The summed E-state index contributed by atoms with van der Waals surface area (Å²) in [6.07, 6.45) is 8.39. The van der Waals surface area contributed by atoms with Crippen molar-refractivity contribution in [3.05, 3.63) is 55.1 Å². The molecule has 0 unspecified atom stereocenters. The number of methoxy groups -OCH3 is 1. The molecular weight excluding hydrogens is 278 g/mol. The number of para-hydroxylation sites is 1. The highest BCUT2D eigenvalue weighted by Crippen LogP contribution is 2.31. The second kappa shape index (κ2) is 8.89. The van der Waals surface area contributed by atoms with Gasteiger partial charge in [-0.2, -0.15) is 0 Å². The van der Waals surface area contributed by atoms with Crippen molar-refractivity contribution in [2.75, 3.05) is 20.3 Å². The summed E-state index contributed by atoms with van der Waals surface area (Å²) in [6.45, 7) is 6.78. The molecule has 0 spiro atoms. The smallest absolute Gasteiger partial charge is 0.166 e. The van der Waals surface area contributed by atoms with Crippen LogP contribution < -0.4 is 14.8 Å². The zero-order valence-electron chi connectivity index (χ0n) is 13.0. The molecule has 2 rings (SSSR count).